The molecule has 0 radical (unpaired) electrons. The highest BCUT2D eigenvalue weighted by molar-refractivity contribution is 5.96. The highest BCUT2D eigenvalue weighted by Crippen LogP contribution is 2.49. The quantitative estimate of drug-likeness (QED) is 0.287. The molecule has 4 N–H and O–H groups in total. The van der Waals surface area contributed by atoms with Crippen molar-refractivity contribution in [2.24, 2.45) is 5.73 Å². The van der Waals surface area contributed by atoms with E-state index >= 15 is 0 Å². The van der Waals surface area contributed by atoms with Gasteiger partial charge in [-0.05, 0) is 37.6 Å². The van der Waals surface area contributed by atoms with Crippen LogP contribution in [0.25, 0.3) is 11.3 Å². The van der Waals surface area contributed by atoms with Crippen molar-refractivity contribution in [1.29, 1.82) is 0 Å². The molecule has 4 rings (SSSR count). The van der Waals surface area contributed by atoms with Crippen molar-refractivity contribution >= 4 is 5.78 Å². The molecule has 41 heavy (non-hydrogen) atoms. The van der Waals surface area contributed by atoms with Gasteiger partial charge in [-0.2, -0.15) is 13.2 Å². The number of aryl methyl sites for hydroxylation is 1. The molecule has 2 atom stereocenters. The number of alkyl halides is 3. The third-order valence-electron chi connectivity index (χ3n) is 7.37. The van der Waals surface area contributed by atoms with Crippen molar-refractivity contribution in [1.82, 2.24) is 4.98 Å². The molecule has 220 valence electrons. The first-order valence-electron chi connectivity index (χ1n) is 13.1. The predicted octanol–water partition coefficient (Wildman–Crippen LogP) is 4.46. The normalized spacial score (nSPS) is 17.9. The molecule has 0 spiro atoms. The Labute approximate surface area is 235 Å². The van der Waals surface area contributed by atoms with Crippen LogP contribution in [0.4, 0.5) is 13.2 Å². The van der Waals surface area contributed by atoms with Gasteiger partial charge in [-0.3, -0.25) is 4.79 Å². The molecule has 11 heteroatoms. The molecule has 1 aliphatic heterocycles. The second-order valence-corrected chi connectivity index (χ2v) is 10.4. The average molecular weight is 575 g/mol. The second-order valence-electron chi connectivity index (χ2n) is 10.4. The summed E-state index contributed by atoms with van der Waals surface area (Å²) >= 11 is 0. The number of halogens is 3. The Kier molecular flexibility index (Phi) is 8.62. The van der Waals surface area contributed by atoms with E-state index in [1.165, 1.54) is 31.4 Å². The Morgan fingerprint density at radius 2 is 1.85 bits per heavy atom. The summed E-state index contributed by atoms with van der Waals surface area (Å²) in [5.74, 6) is 0.122. The lowest BCUT2D eigenvalue weighted by atomic mass is 9.81. The number of Topliss-reactive ketones (excluding diaryl/α,β-unsaturated/α-hetero) is 1. The molecule has 0 fully saturated rings. The van der Waals surface area contributed by atoms with Gasteiger partial charge in [-0.25, -0.2) is 4.98 Å². The van der Waals surface area contributed by atoms with Crippen LogP contribution in [0.15, 0.2) is 48.5 Å². The van der Waals surface area contributed by atoms with Crippen LogP contribution >= 0.6 is 0 Å². The molecule has 2 heterocycles. The number of nitrogens with zero attached hydrogens (tertiary/aromatic N) is 1. The largest absolute Gasteiger partial charge is 0.493 e. The smallest absolute Gasteiger partial charge is 0.422 e. The summed E-state index contributed by atoms with van der Waals surface area (Å²) < 4.78 is 60.3. The van der Waals surface area contributed by atoms with Crippen molar-refractivity contribution in [3.05, 3.63) is 70.9 Å². The van der Waals surface area contributed by atoms with E-state index in [1.807, 2.05) is 6.92 Å². The number of hydrogen-bond donors (Lipinski definition) is 3. The fraction of sp³-hybridized carbons (Fsp3) is 0.400. The first kappa shape index (κ1) is 30.3. The van der Waals surface area contributed by atoms with Gasteiger partial charge in [0, 0.05) is 35.1 Å². The Bertz CT molecular complexity index is 1410. The summed E-state index contributed by atoms with van der Waals surface area (Å²) in [5.41, 5.74) is 3.24. The van der Waals surface area contributed by atoms with E-state index in [2.05, 4.69) is 4.98 Å². The first-order valence-corrected chi connectivity index (χ1v) is 13.1. The van der Waals surface area contributed by atoms with Crippen molar-refractivity contribution in [3.8, 4) is 28.5 Å². The number of ketones is 1. The molecule has 8 nitrogen and oxygen atoms in total. The Morgan fingerprint density at radius 1 is 1.15 bits per heavy atom. The predicted molar refractivity (Wildman–Crippen MR) is 145 cm³/mol. The minimum absolute atomic E-state index is 0.00509. The van der Waals surface area contributed by atoms with Crippen molar-refractivity contribution in [2.45, 2.75) is 43.9 Å². The number of fused-ring (bicyclic) bond motifs is 1. The molecule has 3 aromatic rings. The molecule has 0 bridgehead atoms. The van der Waals surface area contributed by atoms with Gasteiger partial charge in [0.25, 0.3) is 0 Å². The number of methoxy groups -OCH3 is 1. The Hall–Kier alpha value is -3.67. The third kappa shape index (κ3) is 5.88. The Balaban J connectivity index is 1.73. The van der Waals surface area contributed by atoms with Crippen molar-refractivity contribution in [2.75, 3.05) is 33.5 Å². The number of hydrogen-bond acceptors (Lipinski definition) is 8. The Morgan fingerprint density at radius 3 is 2.46 bits per heavy atom. The van der Waals surface area contributed by atoms with Gasteiger partial charge in [0.2, 0.25) is 5.60 Å². The molecule has 0 saturated heterocycles. The van der Waals surface area contributed by atoms with Crippen LogP contribution in [0.1, 0.15) is 46.9 Å². The molecule has 1 unspecified atom stereocenters. The van der Waals surface area contributed by atoms with Crippen LogP contribution < -0.4 is 19.9 Å². The molecule has 1 aliphatic rings. The number of nitrogens with two attached hydrogens (primary N) is 1. The fourth-order valence-corrected chi connectivity index (χ4v) is 4.69. The molecule has 0 aliphatic carbocycles. The number of carbonyl (C=O) groups is 1. The number of pyridine rings is 1. The standard InChI is InChI=1S/C30H33F3N2O6/c1-18-4-6-19(7-5-18)26-27-21(28(2,16-34)17-41-27)15-25(35-26)29(38,30(31,32)33)11-10-22(37)20-8-9-23(40-13-12-36)24(14-20)39-3/h4-9,14-15,36,38H,10-13,16-17,34H2,1-3H3/t28?,29-/m0/s1. The van der Waals surface area contributed by atoms with Gasteiger partial charge in [0.05, 0.1) is 26.0 Å². The van der Waals surface area contributed by atoms with Gasteiger partial charge in [0.1, 0.15) is 18.1 Å². The van der Waals surface area contributed by atoms with E-state index in [1.54, 1.807) is 31.2 Å². The fourth-order valence-electron chi connectivity index (χ4n) is 4.69. The zero-order valence-electron chi connectivity index (χ0n) is 23.0. The minimum atomic E-state index is -5.16. The number of aromatic nitrogens is 1. The van der Waals surface area contributed by atoms with Crippen LogP contribution in [-0.4, -0.2) is 60.6 Å². The van der Waals surface area contributed by atoms with Crippen molar-refractivity contribution in [3.63, 3.8) is 0 Å². The number of rotatable bonds is 11. The highest BCUT2D eigenvalue weighted by atomic mass is 19.4. The van der Waals surface area contributed by atoms with Crippen molar-refractivity contribution < 1.29 is 42.4 Å². The molecule has 1 aromatic heterocycles. The lowest BCUT2D eigenvalue weighted by Crippen LogP contribution is -2.44. The van der Waals surface area contributed by atoms with E-state index in [0.717, 1.165) is 5.56 Å². The van der Waals surface area contributed by atoms with Gasteiger partial charge in [-0.15, -0.1) is 0 Å². The zero-order valence-corrected chi connectivity index (χ0v) is 23.0. The molecular formula is C30H33F3N2O6. The summed E-state index contributed by atoms with van der Waals surface area (Å²) in [6.07, 6.45) is -6.77. The summed E-state index contributed by atoms with van der Waals surface area (Å²) in [6.45, 7) is 3.66. The van der Waals surface area contributed by atoms with Crippen LogP contribution in [0.5, 0.6) is 17.2 Å². The van der Waals surface area contributed by atoms with Gasteiger partial charge >= 0.3 is 6.18 Å². The van der Waals surface area contributed by atoms with E-state index in [0.29, 0.717) is 16.9 Å². The minimum Gasteiger partial charge on any atom is -0.493 e. The van der Waals surface area contributed by atoms with Crippen LogP contribution in [0.3, 0.4) is 0 Å². The van der Waals surface area contributed by atoms with Gasteiger partial charge in [0.15, 0.2) is 17.3 Å². The molecule has 0 amide bonds. The monoisotopic (exact) mass is 574 g/mol. The van der Waals surface area contributed by atoms with Crippen LogP contribution in [0, 0.1) is 6.92 Å². The SMILES string of the molecule is COc1cc(C(=O)CC[C@](O)(c2cc3c(c(-c4ccc(C)cc4)n2)OCC3(C)CN)C(F)(F)F)ccc1OCCO. The van der Waals surface area contributed by atoms with E-state index < -0.39 is 41.5 Å². The van der Waals surface area contributed by atoms with E-state index in [4.69, 9.17) is 25.1 Å². The third-order valence-corrected chi connectivity index (χ3v) is 7.37. The maximum atomic E-state index is 14.6. The van der Waals surface area contributed by atoms with Gasteiger partial charge in [-0.1, -0.05) is 36.8 Å². The lowest BCUT2D eigenvalue weighted by Gasteiger charge is -2.31. The van der Waals surface area contributed by atoms with E-state index in [-0.39, 0.29) is 49.1 Å². The summed E-state index contributed by atoms with van der Waals surface area (Å²) in [7, 11) is 1.35. The number of ether oxygens (including phenoxy) is 3. The topological polar surface area (TPSA) is 124 Å². The van der Waals surface area contributed by atoms with Gasteiger partial charge < -0.3 is 30.2 Å². The number of carbonyl (C=O) groups excluding carboxylic acids is 1. The zero-order chi connectivity index (χ0) is 30.0. The van der Waals surface area contributed by atoms with Crippen LogP contribution in [-0.2, 0) is 11.0 Å². The average Bonchev–Trinajstić information content (AvgIpc) is 3.30. The maximum Gasteiger partial charge on any atom is 0.422 e. The number of aliphatic hydroxyl groups is 2. The number of aliphatic hydroxyl groups excluding tert-OH is 1. The number of benzene rings is 2. The lowest BCUT2D eigenvalue weighted by molar-refractivity contribution is -0.270. The van der Waals surface area contributed by atoms with E-state index in [9.17, 15) is 23.1 Å². The van der Waals surface area contributed by atoms with Crippen LogP contribution in [0.2, 0.25) is 0 Å². The molecule has 0 saturated carbocycles. The first-order chi connectivity index (χ1) is 19.4. The molecule has 2 aromatic carbocycles. The molecular weight excluding hydrogens is 541 g/mol. The highest BCUT2D eigenvalue weighted by Gasteiger charge is 2.57. The maximum absolute atomic E-state index is 14.6. The summed E-state index contributed by atoms with van der Waals surface area (Å²) in [5, 5.41) is 20.2. The second kappa shape index (κ2) is 11.7. The summed E-state index contributed by atoms with van der Waals surface area (Å²) in [6, 6.07) is 12.4. The summed E-state index contributed by atoms with van der Waals surface area (Å²) in [4.78, 5) is 17.3.